The number of hydrogen-bond acceptors (Lipinski definition) is 5. The molecule has 1 aliphatic rings. The van der Waals surface area contributed by atoms with Crippen molar-refractivity contribution in [3.8, 4) is 0 Å². The maximum absolute atomic E-state index is 4.60. The Kier molecular flexibility index (Phi) is 3.94. The van der Waals surface area contributed by atoms with Crippen LogP contribution in [0.4, 0.5) is 11.8 Å². The van der Waals surface area contributed by atoms with Crippen molar-refractivity contribution in [3.63, 3.8) is 0 Å². The molecule has 2 aromatic heterocycles. The summed E-state index contributed by atoms with van der Waals surface area (Å²) in [5.74, 6) is 1.50. The number of rotatable bonds is 6. The first-order valence-electron chi connectivity index (χ1n) is 7.89. The molecule has 3 rings (SSSR count). The largest absolute Gasteiger partial charge is 0.368 e. The summed E-state index contributed by atoms with van der Waals surface area (Å²) in [5, 5.41) is 6.75. The van der Waals surface area contributed by atoms with Gasteiger partial charge in [-0.15, -0.1) is 0 Å². The van der Waals surface area contributed by atoms with Gasteiger partial charge in [-0.3, -0.25) is 0 Å². The van der Waals surface area contributed by atoms with E-state index in [9.17, 15) is 0 Å². The summed E-state index contributed by atoms with van der Waals surface area (Å²) in [4.78, 5) is 16.4. The van der Waals surface area contributed by atoms with Crippen LogP contribution in [-0.2, 0) is 0 Å². The topological polar surface area (TPSA) is 78.5 Å². The van der Waals surface area contributed by atoms with Gasteiger partial charge in [0.25, 0.3) is 0 Å². The van der Waals surface area contributed by atoms with Crippen LogP contribution in [0.25, 0.3) is 11.2 Å². The van der Waals surface area contributed by atoms with Gasteiger partial charge in [0.15, 0.2) is 11.5 Å². The van der Waals surface area contributed by atoms with Gasteiger partial charge in [-0.1, -0.05) is 26.7 Å². The maximum Gasteiger partial charge on any atom is 0.226 e. The second-order valence-electron chi connectivity index (χ2n) is 6.30. The molecule has 2 heterocycles. The van der Waals surface area contributed by atoms with Crippen LogP contribution in [0.1, 0.15) is 46.0 Å². The minimum absolute atomic E-state index is 0.383. The van der Waals surface area contributed by atoms with Crippen LogP contribution in [0.2, 0.25) is 0 Å². The Bertz CT molecular complexity index is 599. The van der Waals surface area contributed by atoms with Crippen molar-refractivity contribution in [2.75, 3.05) is 23.7 Å². The van der Waals surface area contributed by atoms with Crippen LogP contribution >= 0.6 is 0 Å². The van der Waals surface area contributed by atoms with Gasteiger partial charge in [-0.25, -0.2) is 4.98 Å². The van der Waals surface area contributed by atoms with E-state index < -0.39 is 0 Å². The van der Waals surface area contributed by atoms with E-state index in [0.717, 1.165) is 30.8 Å². The van der Waals surface area contributed by atoms with Gasteiger partial charge in [-0.05, 0) is 24.7 Å². The molecule has 0 aromatic carbocycles. The van der Waals surface area contributed by atoms with Crippen LogP contribution in [0.5, 0.6) is 0 Å². The first kappa shape index (κ1) is 14.1. The second kappa shape index (κ2) is 5.87. The standard InChI is InChI=1S/C15H24N6/c1-3-8-16-14-20-12(11-13(21-14)19-10-18-11)17-9-15(2)6-4-5-7-15/h10H,3-9H2,1-2H3,(H3,16,17,18,19,20,21). The van der Waals surface area contributed by atoms with Gasteiger partial charge in [0.2, 0.25) is 5.95 Å². The van der Waals surface area contributed by atoms with Gasteiger partial charge >= 0.3 is 0 Å². The van der Waals surface area contributed by atoms with E-state index in [0.29, 0.717) is 17.0 Å². The fourth-order valence-electron chi connectivity index (χ4n) is 2.98. The highest BCUT2D eigenvalue weighted by atomic mass is 15.2. The number of nitrogens with one attached hydrogen (secondary N) is 3. The molecule has 21 heavy (non-hydrogen) atoms. The van der Waals surface area contributed by atoms with Crippen LogP contribution in [0, 0.1) is 5.41 Å². The van der Waals surface area contributed by atoms with Crippen molar-refractivity contribution in [2.45, 2.75) is 46.0 Å². The first-order chi connectivity index (χ1) is 10.2. The summed E-state index contributed by atoms with van der Waals surface area (Å²) >= 11 is 0. The zero-order chi connectivity index (χ0) is 14.7. The Labute approximate surface area is 125 Å². The van der Waals surface area contributed by atoms with E-state index in [1.54, 1.807) is 6.33 Å². The molecule has 0 aliphatic heterocycles. The van der Waals surface area contributed by atoms with E-state index in [-0.39, 0.29) is 0 Å². The molecule has 0 saturated heterocycles. The number of imidazole rings is 1. The van der Waals surface area contributed by atoms with Crippen molar-refractivity contribution in [3.05, 3.63) is 6.33 Å². The van der Waals surface area contributed by atoms with Gasteiger partial charge in [0.05, 0.1) is 6.33 Å². The fourth-order valence-corrected chi connectivity index (χ4v) is 2.98. The van der Waals surface area contributed by atoms with Crippen LogP contribution in [0.3, 0.4) is 0 Å². The molecule has 0 atom stereocenters. The second-order valence-corrected chi connectivity index (χ2v) is 6.30. The zero-order valence-electron chi connectivity index (χ0n) is 12.9. The van der Waals surface area contributed by atoms with Crippen LogP contribution in [0.15, 0.2) is 6.33 Å². The van der Waals surface area contributed by atoms with Gasteiger partial charge in [0, 0.05) is 13.1 Å². The van der Waals surface area contributed by atoms with Gasteiger partial charge < -0.3 is 15.6 Å². The van der Waals surface area contributed by atoms with Crippen molar-refractivity contribution in [2.24, 2.45) is 5.41 Å². The molecular weight excluding hydrogens is 264 g/mol. The van der Waals surface area contributed by atoms with E-state index in [1.807, 2.05) is 0 Å². The van der Waals surface area contributed by atoms with Crippen LogP contribution < -0.4 is 10.6 Å². The Hall–Kier alpha value is -1.85. The first-order valence-corrected chi connectivity index (χ1v) is 7.89. The van der Waals surface area contributed by atoms with Crippen molar-refractivity contribution in [1.29, 1.82) is 0 Å². The Morgan fingerprint density at radius 3 is 2.81 bits per heavy atom. The molecule has 1 fully saturated rings. The number of fused-ring (bicyclic) bond motifs is 1. The molecule has 1 saturated carbocycles. The molecule has 1 aliphatic carbocycles. The van der Waals surface area contributed by atoms with E-state index in [4.69, 9.17) is 0 Å². The van der Waals surface area contributed by atoms with Crippen molar-refractivity contribution in [1.82, 2.24) is 19.9 Å². The van der Waals surface area contributed by atoms with Crippen LogP contribution in [-0.4, -0.2) is 33.0 Å². The average molecular weight is 288 g/mol. The monoisotopic (exact) mass is 288 g/mol. The highest BCUT2D eigenvalue weighted by molar-refractivity contribution is 5.83. The minimum atomic E-state index is 0.383. The Morgan fingerprint density at radius 2 is 2.05 bits per heavy atom. The molecule has 6 heteroatoms. The average Bonchev–Trinajstić information content (AvgIpc) is 3.12. The van der Waals surface area contributed by atoms with Crippen molar-refractivity contribution < 1.29 is 0 Å². The Morgan fingerprint density at radius 1 is 1.24 bits per heavy atom. The molecule has 2 aromatic rings. The number of anilines is 2. The summed E-state index contributed by atoms with van der Waals surface area (Å²) in [7, 11) is 0. The predicted octanol–water partition coefficient (Wildman–Crippen LogP) is 3.17. The molecule has 0 amide bonds. The minimum Gasteiger partial charge on any atom is -0.368 e. The fraction of sp³-hybridized carbons (Fsp3) is 0.667. The molecule has 0 unspecified atom stereocenters. The molecule has 3 N–H and O–H groups in total. The number of nitrogens with zero attached hydrogens (tertiary/aromatic N) is 3. The third kappa shape index (κ3) is 3.09. The third-order valence-electron chi connectivity index (χ3n) is 4.31. The smallest absolute Gasteiger partial charge is 0.226 e. The third-order valence-corrected chi connectivity index (χ3v) is 4.31. The highest BCUT2D eigenvalue weighted by Gasteiger charge is 2.28. The lowest BCUT2D eigenvalue weighted by Crippen LogP contribution is -2.23. The Balaban J connectivity index is 1.80. The predicted molar refractivity (Wildman–Crippen MR) is 85.5 cm³/mol. The lowest BCUT2D eigenvalue weighted by molar-refractivity contribution is 0.362. The molecule has 0 radical (unpaired) electrons. The number of hydrogen-bond donors (Lipinski definition) is 3. The lowest BCUT2D eigenvalue weighted by atomic mass is 9.89. The summed E-state index contributed by atoms with van der Waals surface area (Å²) in [5.41, 5.74) is 1.98. The highest BCUT2D eigenvalue weighted by Crippen LogP contribution is 2.37. The summed E-state index contributed by atoms with van der Waals surface area (Å²) in [6, 6.07) is 0. The van der Waals surface area contributed by atoms with E-state index in [2.05, 4.69) is 44.4 Å². The van der Waals surface area contributed by atoms with Crippen molar-refractivity contribution >= 4 is 22.9 Å². The zero-order valence-corrected chi connectivity index (χ0v) is 12.9. The van der Waals surface area contributed by atoms with Gasteiger partial charge in [-0.2, -0.15) is 9.97 Å². The van der Waals surface area contributed by atoms with E-state index >= 15 is 0 Å². The molecule has 0 bridgehead atoms. The summed E-state index contributed by atoms with van der Waals surface area (Å²) in [6.07, 6.45) is 7.97. The molecule has 0 spiro atoms. The number of H-pyrrole nitrogens is 1. The lowest BCUT2D eigenvalue weighted by Gasteiger charge is -2.24. The quantitative estimate of drug-likeness (QED) is 0.761. The SMILES string of the molecule is CCCNc1nc(NCC2(C)CCCC2)c2[nH]cnc2n1. The summed E-state index contributed by atoms with van der Waals surface area (Å²) in [6.45, 7) is 6.30. The molecule has 6 nitrogen and oxygen atoms in total. The number of aromatic amines is 1. The maximum atomic E-state index is 4.60. The summed E-state index contributed by atoms with van der Waals surface area (Å²) < 4.78 is 0. The van der Waals surface area contributed by atoms with E-state index in [1.165, 1.54) is 25.7 Å². The van der Waals surface area contributed by atoms with Gasteiger partial charge in [0.1, 0.15) is 5.52 Å². The molecular formula is C15H24N6. The normalized spacial score (nSPS) is 17.2. The molecule has 114 valence electrons. The number of aromatic nitrogens is 4.